The summed E-state index contributed by atoms with van der Waals surface area (Å²) in [6.07, 6.45) is 0. The minimum atomic E-state index is 0.498. The zero-order valence-corrected chi connectivity index (χ0v) is 10.2. The van der Waals surface area contributed by atoms with Gasteiger partial charge in [-0.15, -0.1) is 0 Å². The Morgan fingerprint density at radius 3 is 2.62 bits per heavy atom. The van der Waals surface area contributed by atoms with Gasteiger partial charge < -0.3 is 4.74 Å². The average Bonchev–Trinajstić information content (AvgIpc) is 2.26. The standard InChI is InChI=1S/C14H17NO/c1-9(2)11-6-5-7-13-12(11)8-14(16-4)10(3)15-13/h5-9H,1-4H3. The number of rotatable bonds is 2. The molecule has 2 rings (SSSR count). The molecule has 0 aliphatic rings. The van der Waals surface area contributed by atoms with Crippen molar-refractivity contribution in [2.75, 3.05) is 7.11 Å². The van der Waals surface area contributed by atoms with Crippen molar-refractivity contribution in [3.05, 3.63) is 35.5 Å². The number of fused-ring (bicyclic) bond motifs is 1. The lowest BCUT2D eigenvalue weighted by molar-refractivity contribution is 0.410. The molecule has 2 nitrogen and oxygen atoms in total. The Bertz CT molecular complexity index is 517. The number of pyridine rings is 1. The molecule has 0 radical (unpaired) electrons. The van der Waals surface area contributed by atoms with Crippen molar-refractivity contribution in [2.24, 2.45) is 0 Å². The summed E-state index contributed by atoms with van der Waals surface area (Å²) < 4.78 is 5.33. The van der Waals surface area contributed by atoms with E-state index in [4.69, 9.17) is 4.74 Å². The summed E-state index contributed by atoms with van der Waals surface area (Å²) in [4.78, 5) is 4.56. The highest BCUT2D eigenvalue weighted by Crippen LogP contribution is 2.28. The monoisotopic (exact) mass is 215 g/mol. The SMILES string of the molecule is COc1cc2c(C(C)C)cccc2nc1C. The van der Waals surface area contributed by atoms with Crippen molar-refractivity contribution in [2.45, 2.75) is 26.7 Å². The first kappa shape index (κ1) is 10.9. The van der Waals surface area contributed by atoms with E-state index >= 15 is 0 Å². The van der Waals surface area contributed by atoms with Crippen molar-refractivity contribution in [1.82, 2.24) is 4.98 Å². The molecule has 0 aliphatic heterocycles. The molecule has 0 aliphatic carbocycles. The Labute approximate surface area is 96.3 Å². The van der Waals surface area contributed by atoms with Crippen LogP contribution in [0.1, 0.15) is 31.0 Å². The minimum Gasteiger partial charge on any atom is -0.495 e. The van der Waals surface area contributed by atoms with E-state index in [9.17, 15) is 0 Å². The Kier molecular flexibility index (Phi) is 2.82. The van der Waals surface area contributed by atoms with Crippen LogP contribution in [-0.2, 0) is 0 Å². The van der Waals surface area contributed by atoms with Crippen molar-refractivity contribution in [3.63, 3.8) is 0 Å². The summed E-state index contributed by atoms with van der Waals surface area (Å²) in [5.41, 5.74) is 3.31. The van der Waals surface area contributed by atoms with Gasteiger partial charge in [-0.2, -0.15) is 0 Å². The predicted octanol–water partition coefficient (Wildman–Crippen LogP) is 3.68. The van der Waals surface area contributed by atoms with Gasteiger partial charge in [0.05, 0.1) is 18.3 Å². The summed E-state index contributed by atoms with van der Waals surface area (Å²) in [5, 5.41) is 1.19. The molecule has 0 unspecified atom stereocenters. The van der Waals surface area contributed by atoms with Crippen LogP contribution in [0.15, 0.2) is 24.3 Å². The van der Waals surface area contributed by atoms with E-state index in [2.05, 4.69) is 37.0 Å². The molecule has 2 heteroatoms. The quantitative estimate of drug-likeness (QED) is 0.762. The molecular formula is C14H17NO. The summed E-state index contributed by atoms with van der Waals surface area (Å²) in [5.74, 6) is 1.36. The molecule has 1 heterocycles. The molecule has 1 aromatic carbocycles. The van der Waals surface area contributed by atoms with Crippen LogP contribution in [0.3, 0.4) is 0 Å². The fraction of sp³-hybridized carbons (Fsp3) is 0.357. The number of aryl methyl sites for hydroxylation is 1. The van der Waals surface area contributed by atoms with Crippen LogP contribution in [0.4, 0.5) is 0 Å². The number of nitrogens with zero attached hydrogens (tertiary/aromatic N) is 1. The first-order valence-corrected chi connectivity index (χ1v) is 5.57. The molecule has 0 fully saturated rings. The van der Waals surface area contributed by atoms with Crippen LogP contribution in [0.5, 0.6) is 5.75 Å². The fourth-order valence-electron chi connectivity index (χ4n) is 2.01. The van der Waals surface area contributed by atoms with Gasteiger partial charge in [0, 0.05) is 5.39 Å². The van der Waals surface area contributed by atoms with Gasteiger partial charge in [-0.3, -0.25) is 0 Å². The topological polar surface area (TPSA) is 22.1 Å². The lowest BCUT2D eigenvalue weighted by Gasteiger charge is -2.12. The van der Waals surface area contributed by atoms with Gasteiger partial charge in [0.15, 0.2) is 0 Å². The van der Waals surface area contributed by atoms with Gasteiger partial charge >= 0.3 is 0 Å². The number of methoxy groups -OCH3 is 1. The summed E-state index contributed by atoms with van der Waals surface area (Å²) in [6, 6.07) is 8.36. The second-order valence-electron chi connectivity index (χ2n) is 4.34. The zero-order valence-electron chi connectivity index (χ0n) is 10.2. The third-order valence-corrected chi connectivity index (χ3v) is 2.88. The van der Waals surface area contributed by atoms with Crippen LogP contribution in [0.25, 0.3) is 10.9 Å². The largest absolute Gasteiger partial charge is 0.495 e. The Hall–Kier alpha value is -1.57. The van der Waals surface area contributed by atoms with Crippen LogP contribution < -0.4 is 4.74 Å². The maximum atomic E-state index is 5.33. The molecule has 1 aromatic heterocycles. The van der Waals surface area contributed by atoms with Crippen molar-refractivity contribution >= 4 is 10.9 Å². The molecule has 16 heavy (non-hydrogen) atoms. The van der Waals surface area contributed by atoms with Crippen molar-refractivity contribution < 1.29 is 4.74 Å². The maximum Gasteiger partial charge on any atom is 0.140 e. The van der Waals surface area contributed by atoms with Crippen LogP contribution in [0.2, 0.25) is 0 Å². The van der Waals surface area contributed by atoms with Crippen LogP contribution >= 0.6 is 0 Å². The minimum absolute atomic E-state index is 0.498. The molecular weight excluding hydrogens is 198 g/mol. The first-order chi connectivity index (χ1) is 7.63. The van der Waals surface area contributed by atoms with Gasteiger partial charge in [0.25, 0.3) is 0 Å². The van der Waals surface area contributed by atoms with E-state index in [0.717, 1.165) is 17.0 Å². The highest BCUT2D eigenvalue weighted by molar-refractivity contribution is 5.84. The Balaban J connectivity index is 2.76. The smallest absolute Gasteiger partial charge is 0.140 e. The molecule has 0 bridgehead atoms. The lowest BCUT2D eigenvalue weighted by atomic mass is 9.98. The number of hydrogen-bond donors (Lipinski definition) is 0. The molecule has 0 amide bonds. The molecule has 84 valence electrons. The van der Waals surface area contributed by atoms with E-state index < -0.39 is 0 Å². The number of ether oxygens (including phenoxy) is 1. The van der Waals surface area contributed by atoms with Gasteiger partial charge in [-0.1, -0.05) is 26.0 Å². The number of aromatic nitrogens is 1. The average molecular weight is 215 g/mol. The van der Waals surface area contributed by atoms with E-state index in [1.165, 1.54) is 10.9 Å². The molecule has 0 saturated carbocycles. The van der Waals surface area contributed by atoms with E-state index in [-0.39, 0.29) is 0 Å². The molecule has 0 atom stereocenters. The van der Waals surface area contributed by atoms with E-state index in [0.29, 0.717) is 5.92 Å². The fourth-order valence-corrected chi connectivity index (χ4v) is 2.01. The highest BCUT2D eigenvalue weighted by atomic mass is 16.5. The normalized spacial score (nSPS) is 11.1. The van der Waals surface area contributed by atoms with Crippen molar-refractivity contribution in [3.8, 4) is 5.75 Å². The Morgan fingerprint density at radius 1 is 1.25 bits per heavy atom. The zero-order chi connectivity index (χ0) is 11.7. The molecule has 0 saturated heterocycles. The van der Waals surface area contributed by atoms with Crippen LogP contribution in [0, 0.1) is 6.92 Å². The highest BCUT2D eigenvalue weighted by Gasteiger charge is 2.08. The third-order valence-electron chi connectivity index (χ3n) is 2.88. The van der Waals surface area contributed by atoms with Gasteiger partial charge in [-0.05, 0) is 30.5 Å². The summed E-state index contributed by atoms with van der Waals surface area (Å²) in [7, 11) is 1.69. The third kappa shape index (κ3) is 1.75. The van der Waals surface area contributed by atoms with Gasteiger partial charge in [0.1, 0.15) is 5.75 Å². The van der Waals surface area contributed by atoms with Crippen LogP contribution in [-0.4, -0.2) is 12.1 Å². The summed E-state index contributed by atoms with van der Waals surface area (Å²) in [6.45, 7) is 6.36. The van der Waals surface area contributed by atoms with E-state index in [1.54, 1.807) is 7.11 Å². The maximum absolute atomic E-state index is 5.33. The summed E-state index contributed by atoms with van der Waals surface area (Å²) >= 11 is 0. The second kappa shape index (κ2) is 4.12. The predicted molar refractivity (Wildman–Crippen MR) is 67.1 cm³/mol. The number of benzene rings is 1. The van der Waals surface area contributed by atoms with Gasteiger partial charge in [-0.25, -0.2) is 4.98 Å². The second-order valence-corrected chi connectivity index (χ2v) is 4.34. The van der Waals surface area contributed by atoms with Gasteiger partial charge in [0.2, 0.25) is 0 Å². The molecule has 0 N–H and O–H groups in total. The molecule has 2 aromatic rings. The van der Waals surface area contributed by atoms with E-state index in [1.807, 2.05) is 13.0 Å². The number of hydrogen-bond acceptors (Lipinski definition) is 2. The lowest BCUT2D eigenvalue weighted by Crippen LogP contribution is -1.95. The van der Waals surface area contributed by atoms with Crippen molar-refractivity contribution in [1.29, 1.82) is 0 Å². The Morgan fingerprint density at radius 2 is 2.00 bits per heavy atom. The molecule has 0 spiro atoms. The first-order valence-electron chi connectivity index (χ1n) is 5.57.